The highest BCUT2D eigenvalue weighted by Crippen LogP contribution is 2.54. The number of amides is 3. The third kappa shape index (κ3) is 3.82. The number of carbonyl (C=O) groups is 3. The second-order valence-corrected chi connectivity index (χ2v) is 15.6. The summed E-state index contributed by atoms with van der Waals surface area (Å²) in [5.74, 6) is -0.367. The molecule has 3 heterocycles. The van der Waals surface area contributed by atoms with Crippen LogP contribution in [0.1, 0.15) is 123 Å². The van der Waals surface area contributed by atoms with Crippen LogP contribution < -0.4 is 5.32 Å². The van der Waals surface area contributed by atoms with Crippen molar-refractivity contribution in [1.82, 2.24) is 9.80 Å². The number of hydrogen-bond donors (Lipinski definition) is 1. The van der Waals surface area contributed by atoms with Gasteiger partial charge in [0, 0.05) is 56.4 Å². The zero-order valence-corrected chi connectivity index (χ0v) is 30.0. The highest BCUT2D eigenvalue weighted by molar-refractivity contribution is 6.40. The number of benzene rings is 6. The van der Waals surface area contributed by atoms with E-state index in [-0.39, 0.29) is 41.4 Å². The molecule has 0 saturated heterocycles. The fourth-order valence-corrected chi connectivity index (χ4v) is 9.45. The molecule has 0 aromatic heterocycles. The number of imide groups is 1. The van der Waals surface area contributed by atoms with Gasteiger partial charge in [0.1, 0.15) is 6.17 Å². The lowest BCUT2D eigenvalue weighted by Crippen LogP contribution is -2.48. The van der Waals surface area contributed by atoms with Gasteiger partial charge in [0.15, 0.2) is 0 Å². The number of nitrogens with one attached hydrogen (secondary N) is 1. The molecule has 9 rings (SSSR count). The van der Waals surface area contributed by atoms with Crippen LogP contribution in [0.4, 0.5) is 5.69 Å². The molecule has 50 heavy (non-hydrogen) atoms. The van der Waals surface area contributed by atoms with Gasteiger partial charge in [0.05, 0.1) is 0 Å². The van der Waals surface area contributed by atoms with Crippen LogP contribution in [0.25, 0.3) is 54.2 Å². The largest absolute Gasteiger partial charge is 0.361 e. The first-order valence-corrected chi connectivity index (χ1v) is 18.4. The van der Waals surface area contributed by atoms with E-state index in [1.807, 2.05) is 32.0 Å². The van der Waals surface area contributed by atoms with E-state index < -0.39 is 0 Å². The van der Waals surface area contributed by atoms with Crippen LogP contribution in [-0.2, 0) is 5.41 Å². The maximum atomic E-state index is 14.7. The fourth-order valence-electron chi connectivity index (χ4n) is 9.45. The van der Waals surface area contributed by atoms with Crippen molar-refractivity contribution >= 4 is 66.5 Å². The molecular formula is C44H43N3O3. The summed E-state index contributed by atoms with van der Waals surface area (Å²) in [5.41, 5.74) is 7.57. The maximum absolute atomic E-state index is 14.7. The first-order chi connectivity index (χ1) is 24.0. The van der Waals surface area contributed by atoms with E-state index in [1.54, 1.807) is 0 Å². The summed E-state index contributed by atoms with van der Waals surface area (Å²) < 4.78 is 0. The predicted molar refractivity (Wildman–Crippen MR) is 204 cm³/mol. The van der Waals surface area contributed by atoms with Crippen LogP contribution in [-0.4, -0.2) is 39.6 Å². The fraction of sp³-hybridized carbons (Fsp3) is 0.341. The van der Waals surface area contributed by atoms with Crippen molar-refractivity contribution in [1.29, 1.82) is 0 Å². The van der Waals surface area contributed by atoms with Gasteiger partial charge in [-0.15, -0.1) is 0 Å². The summed E-state index contributed by atoms with van der Waals surface area (Å²) in [5, 5.41) is 11.7. The van der Waals surface area contributed by atoms with E-state index in [2.05, 4.69) is 87.3 Å². The zero-order valence-electron chi connectivity index (χ0n) is 30.0. The molecule has 0 bridgehead atoms. The quantitative estimate of drug-likeness (QED) is 0.110. The molecule has 252 valence electrons. The Morgan fingerprint density at radius 1 is 0.580 bits per heavy atom. The molecule has 6 aromatic carbocycles. The molecule has 1 N–H and O–H groups in total. The van der Waals surface area contributed by atoms with Crippen LogP contribution in [0, 0.1) is 0 Å². The summed E-state index contributed by atoms with van der Waals surface area (Å²) in [4.78, 5) is 46.4. The van der Waals surface area contributed by atoms with Crippen molar-refractivity contribution < 1.29 is 14.4 Å². The number of fused-ring (bicyclic) bond motifs is 4. The van der Waals surface area contributed by atoms with E-state index in [9.17, 15) is 14.4 Å². The van der Waals surface area contributed by atoms with Crippen molar-refractivity contribution in [3.8, 4) is 11.1 Å². The monoisotopic (exact) mass is 661 g/mol. The number of carbonyl (C=O) groups excluding carboxylic acids is 3. The Morgan fingerprint density at radius 2 is 1.12 bits per heavy atom. The molecule has 6 heteroatoms. The second kappa shape index (κ2) is 10.5. The Hall–Kier alpha value is -4.97. The SMILES string of the molecule is CCC(CC)N1C(=O)c2ccc3c4ccc5c6c7c(cc(c8ccc(c2c38)C1=O)c64)-c1cc(C(C)(C)C)ccc1NC7N(C(CC)CC)C5=O. The third-order valence-corrected chi connectivity index (χ3v) is 12.1. The summed E-state index contributed by atoms with van der Waals surface area (Å²) in [7, 11) is 0. The molecule has 3 amide bonds. The van der Waals surface area contributed by atoms with Crippen molar-refractivity contribution in [3.05, 3.63) is 88.5 Å². The molecule has 0 spiro atoms. The average Bonchev–Trinajstić information content (AvgIpc) is 3.11. The normalized spacial score (nSPS) is 17.0. The van der Waals surface area contributed by atoms with Crippen LogP contribution in [0.5, 0.6) is 0 Å². The van der Waals surface area contributed by atoms with Crippen molar-refractivity contribution in [2.75, 3.05) is 5.32 Å². The minimum absolute atomic E-state index is 0.0450. The van der Waals surface area contributed by atoms with Gasteiger partial charge in [-0.2, -0.15) is 0 Å². The smallest absolute Gasteiger partial charge is 0.261 e. The highest BCUT2D eigenvalue weighted by Gasteiger charge is 2.43. The maximum Gasteiger partial charge on any atom is 0.261 e. The Bertz CT molecular complexity index is 2460. The number of nitrogens with zero attached hydrogens (tertiary/aromatic N) is 2. The predicted octanol–water partition coefficient (Wildman–Crippen LogP) is 10.6. The first kappa shape index (κ1) is 31.0. The van der Waals surface area contributed by atoms with Gasteiger partial charge < -0.3 is 10.2 Å². The molecule has 0 radical (unpaired) electrons. The highest BCUT2D eigenvalue weighted by atomic mass is 16.2. The Labute approximate surface area is 292 Å². The summed E-state index contributed by atoms with van der Waals surface area (Å²) in [6, 6.07) is 21.1. The lowest BCUT2D eigenvalue weighted by Gasteiger charge is -2.45. The second-order valence-electron chi connectivity index (χ2n) is 15.6. The summed E-state index contributed by atoms with van der Waals surface area (Å²) in [6.07, 6.45) is 2.87. The van der Waals surface area contributed by atoms with Crippen LogP contribution in [0.2, 0.25) is 0 Å². The summed E-state index contributed by atoms with van der Waals surface area (Å²) in [6.45, 7) is 15.1. The summed E-state index contributed by atoms with van der Waals surface area (Å²) >= 11 is 0. The Balaban J connectivity index is 1.43. The molecule has 1 atom stereocenters. The molecule has 6 aromatic rings. The standard InChI is InChI=1S/C44H43N3O3/c1-8-23(9-2)46-40-39-33(31-20-22(44(5,6)7)12-19-34(31)45-40)21-32-27-15-17-29-37-28(42(49)47(43(29)50)24(10-3)11-4)16-13-25(35(27)37)26-14-18-30(41(46)48)38(39)36(26)32/h12-21,23-24,40,45H,8-11H2,1-7H3. The van der Waals surface area contributed by atoms with E-state index in [0.29, 0.717) is 24.0 Å². The molecule has 0 saturated carbocycles. The first-order valence-electron chi connectivity index (χ1n) is 18.4. The zero-order chi connectivity index (χ0) is 35.0. The molecule has 1 unspecified atom stereocenters. The van der Waals surface area contributed by atoms with Crippen LogP contribution in [0.3, 0.4) is 0 Å². The molecule has 6 nitrogen and oxygen atoms in total. The Morgan fingerprint density at radius 3 is 1.68 bits per heavy atom. The minimum Gasteiger partial charge on any atom is -0.361 e. The third-order valence-electron chi connectivity index (χ3n) is 12.1. The van der Waals surface area contributed by atoms with Gasteiger partial charge in [-0.1, -0.05) is 72.7 Å². The average molecular weight is 662 g/mol. The van der Waals surface area contributed by atoms with Crippen molar-refractivity contribution in [2.24, 2.45) is 0 Å². The Kier molecular flexibility index (Phi) is 6.53. The molecule has 3 aliphatic rings. The van der Waals surface area contributed by atoms with Crippen molar-refractivity contribution in [3.63, 3.8) is 0 Å². The van der Waals surface area contributed by atoms with Gasteiger partial charge >= 0.3 is 0 Å². The number of hydrogen-bond acceptors (Lipinski definition) is 4. The lowest BCUT2D eigenvalue weighted by molar-refractivity contribution is 0.0527. The molecule has 0 fully saturated rings. The topological polar surface area (TPSA) is 69.7 Å². The van der Waals surface area contributed by atoms with Crippen LogP contribution in [0.15, 0.2) is 60.7 Å². The van der Waals surface area contributed by atoms with E-state index in [0.717, 1.165) is 83.9 Å². The van der Waals surface area contributed by atoms with Gasteiger partial charge in [-0.25, -0.2) is 0 Å². The van der Waals surface area contributed by atoms with Crippen LogP contribution >= 0.6 is 0 Å². The number of rotatable bonds is 6. The van der Waals surface area contributed by atoms with Gasteiger partial charge in [-0.05, 0) is 111 Å². The van der Waals surface area contributed by atoms with Gasteiger partial charge in [0.2, 0.25) is 0 Å². The number of anilines is 1. The van der Waals surface area contributed by atoms with E-state index in [1.165, 1.54) is 10.5 Å². The minimum atomic E-state index is -0.296. The lowest BCUT2D eigenvalue weighted by atomic mass is 9.76. The molecular weight excluding hydrogens is 619 g/mol. The van der Waals surface area contributed by atoms with Gasteiger partial charge in [-0.3, -0.25) is 19.3 Å². The molecule has 3 aliphatic heterocycles. The van der Waals surface area contributed by atoms with Gasteiger partial charge in [0.25, 0.3) is 17.7 Å². The van der Waals surface area contributed by atoms with E-state index >= 15 is 0 Å². The van der Waals surface area contributed by atoms with Crippen molar-refractivity contribution in [2.45, 2.75) is 97.8 Å². The van der Waals surface area contributed by atoms with E-state index in [4.69, 9.17) is 0 Å². The molecule has 0 aliphatic carbocycles.